The van der Waals surface area contributed by atoms with Gasteiger partial charge in [-0.15, -0.1) is 0 Å². The van der Waals surface area contributed by atoms with Crippen molar-refractivity contribution in [3.63, 3.8) is 0 Å². The number of carboxylic acid groups (broad SMARTS) is 1. The summed E-state index contributed by atoms with van der Waals surface area (Å²) in [4.78, 5) is 40.5. The van der Waals surface area contributed by atoms with Gasteiger partial charge < -0.3 is 14.7 Å². The van der Waals surface area contributed by atoms with Gasteiger partial charge in [-0.05, 0) is 36.6 Å². The number of rotatable bonds is 5. The third-order valence-corrected chi connectivity index (χ3v) is 6.34. The van der Waals surface area contributed by atoms with E-state index in [0.717, 1.165) is 30.5 Å². The van der Waals surface area contributed by atoms with Crippen LogP contribution in [0, 0.1) is 5.92 Å². The molecule has 1 saturated carbocycles. The van der Waals surface area contributed by atoms with E-state index in [2.05, 4.69) is 0 Å². The second-order valence-corrected chi connectivity index (χ2v) is 7.99. The topological polar surface area (TPSA) is 87.2 Å². The third kappa shape index (κ3) is 3.87. The number of fused-ring (bicyclic) bond motifs is 2. The van der Waals surface area contributed by atoms with E-state index < -0.39 is 12.1 Å². The lowest BCUT2D eigenvalue weighted by Gasteiger charge is -2.46. The summed E-state index contributed by atoms with van der Waals surface area (Å²) in [6, 6.07) is 16.3. The van der Waals surface area contributed by atoms with Crippen LogP contribution in [0.1, 0.15) is 43.7 Å². The second kappa shape index (κ2) is 8.79. The van der Waals surface area contributed by atoms with Gasteiger partial charge in [0.25, 0.3) is 0 Å². The predicted octanol–water partition coefficient (Wildman–Crippen LogP) is 4.38. The molecule has 31 heavy (non-hydrogen) atoms. The molecule has 1 unspecified atom stereocenters. The van der Waals surface area contributed by atoms with E-state index in [1.54, 1.807) is 4.90 Å². The first-order valence-electron chi connectivity index (χ1n) is 10.6. The van der Waals surface area contributed by atoms with Crippen molar-refractivity contribution in [3.8, 4) is 0 Å². The molecular formula is C24H26N2O5. The van der Waals surface area contributed by atoms with Gasteiger partial charge in [0.05, 0.1) is 25.3 Å². The summed E-state index contributed by atoms with van der Waals surface area (Å²) in [5.74, 6) is -0.625. The van der Waals surface area contributed by atoms with Crippen LogP contribution in [0.4, 0.5) is 16.2 Å². The Hall–Kier alpha value is -3.35. The summed E-state index contributed by atoms with van der Waals surface area (Å²) in [7, 11) is 1.31. The normalized spacial score (nSPS) is 21.7. The minimum Gasteiger partial charge on any atom is -0.469 e. The number of esters is 1. The van der Waals surface area contributed by atoms with Gasteiger partial charge in [0.15, 0.2) is 0 Å². The summed E-state index contributed by atoms with van der Waals surface area (Å²) < 4.78 is 4.72. The standard InChI is InChI=1S/C24H26N2O5/c1-31-22(28)15-14-21(27)25(16-8-3-2-4-9-16)23-17-10-5-6-12-19(17)26(24(29)30)20-13-7-11-18(20)23/h2-6,8-10,12,18,20,23H,7,11,13-15H2,1H3,(H,29,30)/t18-,20+,23?/m0/s1. The Morgan fingerprint density at radius 2 is 1.74 bits per heavy atom. The van der Waals surface area contributed by atoms with Crippen molar-refractivity contribution in [2.75, 3.05) is 16.9 Å². The van der Waals surface area contributed by atoms with E-state index in [1.165, 1.54) is 12.0 Å². The highest BCUT2D eigenvalue weighted by molar-refractivity contribution is 5.97. The Morgan fingerprint density at radius 3 is 2.45 bits per heavy atom. The first kappa shape index (κ1) is 20.9. The predicted molar refractivity (Wildman–Crippen MR) is 116 cm³/mol. The Morgan fingerprint density at radius 1 is 1.03 bits per heavy atom. The number of ether oxygens (including phenoxy) is 1. The van der Waals surface area contributed by atoms with Gasteiger partial charge in [0.1, 0.15) is 0 Å². The number of carbonyl (C=O) groups excluding carboxylic acids is 2. The highest BCUT2D eigenvalue weighted by Crippen LogP contribution is 2.51. The number of hydrogen-bond donors (Lipinski definition) is 1. The SMILES string of the molecule is COC(=O)CCC(=O)N(c1ccccc1)C1c2ccccc2N(C(=O)O)[C@@H]2CCC[C@H]12. The Labute approximate surface area is 181 Å². The fraction of sp³-hybridized carbons (Fsp3) is 0.375. The number of carbonyl (C=O) groups is 3. The molecule has 0 radical (unpaired) electrons. The molecule has 3 atom stereocenters. The van der Waals surface area contributed by atoms with Crippen LogP contribution in [-0.2, 0) is 14.3 Å². The molecule has 7 heteroatoms. The van der Waals surface area contributed by atoms with Crippen LogP contribution in [0.15, 0.2) is 54.6 Å². The van der Waals surface area contributed by atoms with Crippen molar-refractivity contribution < 1.29 is 24.2 Å². The molecule has 7 nitrogen and oxygen atoms in total. The monoisotopic (exact) mass is 422 g/mol. The van der Waals surface area contributed by atoms with Crippen molar-refractivity contribution in [1.29, 1.82) is 0 Å². The van der Waals surface area contributed by atoms with Crippen LogP contribution in [0.3, 0.4) is 0 Å². The van der Waals surface area contributed by atoms with Crippen molar-refractivity contribution in [2.24, 2.45) is 5.92 Å². The smallest absolute Gasteiger partial charge is 0.412 e. The lowest BCUT2D eigenvalue weighted by atomic mass is 9.81. The second-order valence-electron chi connectivity index (χ2n) is 7.99. The number of anilines is 2. The molecule has 1 fully saturated rings. The van der Waals surface area contributed by atoms with E-state index >= 15 is 0 Å². The van der Waals surface area contributed by atoms with Crippen molar-refractivity contribution >= 4 is 29.3 Å². The maximum Gasteiger partial charge on any atom is 0.412 e. The average Bonchev–Trinajstić information content (AvgIpc) is 3.26. The number of nitrogens with zero attached hydrogens (tertiary/aromatic N) is 2. The Kier molecular flexibility index (Phi) is 5.93. The summed E-state index contributed by atoms with van der Waals surface area (Å²) in [5.41, 5.74) is 2.19. The zero-order valence-corrected chi connectivity index (χ0v) is 17.4. The highest BCUT2D eigenvalue weighted by Gasteiger charge is 2.49. The first-order valence-corrected chi connectivity index (χ1v) is 10.6. The van der Waals surface area contributed by atoms with Crippen LogP contribution in [0.2, 0.25) is 0 Å². The van der Waals surface area contributed by atoms with Crippen LogP contribution in [0.5, 0.6) is 0 Å². The van der Waals surface area contributed by atoms with Gasteiger partial charge in [-0.1, -0.05) is 42.8 Å². The fourth-order valence-corrected chi connectivity index (χ4v) is 5.08. The average molecular weight is 422 g/mol. The summed E-state index contributed by atoms with van der Waals surface area (Å²) in [5, 5.41) is 9.95. The van der Waals surface area contributed by atoms with E-state index in [0.29, 0.717) is 5.69 Å². The first-order chi connectivity index (χ1) is 15.0. The number of para-hydroxylation sites is 2. The van der Waals surface area contributed by atoms with Gasteiger partial charge in [-0.3, -0.25) is 14.5 Å². The van der Waals surface area contributed by atoms with E-state index in [4.69, 9.17) is 4.74 Å². The number of methoxy groups -OCH3 is 1. The largest absolute Gasteiger partial charge is 0.469 e. The molecule has 0 bridgehead atoms. The van der Waals surface area contributed by atoms with Gasteiger partial charge in [-0.2, -0.15) is 0 Å². The summed E-state index contributed by atoms with van der Waals surface area (Å²) >= 11 is 0. The lowest BCUT2D eigenvalue weighted by molar-refractivity contribution is -0.142. The van der Waals surface area contributed by atoms with Gasteiger partial charge in [-0.25, -0.2) is 4.79 Å². The molecule has 0 aromatic heterocycles. The fourth-order valence-electron chi connectivity index (χ4n) is 5.08. The molecule has 4 rings (SSSR count). The molecule has 2 amide bonds. The number of amides is 2. The van der Waals surface area contributed by atoms with Crippen molar-refractivity contribution in [2.45, 2.75) is 44.2 Å². The van der Waals surface area contributed by atoms with Crippen LogP contribution in [-0.4, -0.2) is 36.2 Å². The van der Waals surface area contributed by atoms with Crippen LogP contribution in [0.25, 0.3) is 0 Å². The molecule has 1 aliphatic heterocycles. The minimum absolute atomic E-state index is 0.00236. The van der Waals surface area contributed by atoms with Crippen molar-refractivity contribution in [3.05, 3.63) is 60.2 Å². The minimum atomic E-state index is -0.967. The van der Waals surface area contributed by atoms with E-state index in [-0.39, 0.29) is 36.8 Å². The molecule has 0 spiro atoms. The maximum atomic E-state index is 13.5. The van der Waals surface area contributed by atoms with Gasteiger partial charge in [0.2, 0.25) is 5.91 Å². The number of hydrogen-bond acceptors (Lipinski definition) is 4. The molecule has 2 aliphatic rings. The molecular weight excluding hydrogens is 396 g/mol. The molecule has 162 valence electrons. The molecule has 2 aromatic rings. The quantitative estimate of drug-likeness (QED) is 0.723. The lowest BCUT2D eigenvalue weighted by Crippen LogP contribution is -2.52. The summed E-state index contributed by atoms with van der Waals surface area (Å²) in [6.07, 6.45) is 1.57. The Bertz CT molecular complexity index is 977. The van der Waals surface area contributed by atoms with E-state index in [1.807, 2.05) is 54.6 Å². The van der Waals surface area contributed by atoms with Crippen molar-refractivity contribution in [1.82, 2.24) is 0 Å². The van der Waals surface area contributed by atoms with Gasteiger partial charge >= 0.3 is 12.1 Å². The zero-order valence-electron chi connectivity index (χ0n) is 17.4. The highest BCUT2D eigenvalue weighted by atomic mass is 16.5. The molecule has 2 aromatic carbocycles. The number of benzene rings is 2. The molecule has 1 N–H and O–H groups in total. The molecule has 1 heterocycles. The van der Waals surface area contributed by atoms with Gasteiger partial charge in [0, 0.05) is 24.1 Å². The third-order valence-electron chi connectivity index (χ3n) is 6.34. The molecule has 1 aliphatic carbocycles. The summed E-state index contributed by atoms with van der Waals surface area (Å²) in [6.45, 7) is 0. The Balaban J connectivity index is 1.81. The maximum absolute atomic E-state index is 13.5. The molecule has 0 saturated heterocycles. The zero-order chi connectivity index (χ0) is 22.0. The van der Waals surface area contributed by atoms with Crippen LogP contribution >= 0.6 is 0 Å². The van der Waals surface area contributed by atoms with E-state index in [9.17, 15) is 19.5 Å². The van der Waals surface area contributed by atoms with Crippen LogP contribution < -0.4 is 9.80 Å².